The molecule has 2 aliphatic heterocycles. The summed E-state index contributed by atoms with van der Waals surface area (Å²) in [4.78, 5) is 27.7. The average molecular weight is 260 g/mol. The van der Waals surface area contributed by atoms with Gasteiger partial charge in [-0.1, -0.05) is 12.1 Å². The second kappa shape index (κ2) is 4.75. The van der Waals surface area contributed by atoms with Gasteiger partial charge in [-0.15, -0.1) is 0 Å². The molecule has 0 unspecified atom stereocenters. The van der Waals surface area contributed by atoms with Crippen LogP contribution in [0.5, 0.6) is 0 Å². The third-order valence-corrected chi connectivity index (χ3v) is 3.91. The molecule has 2 amide bonds. The van der Waals surface area contributed by atoms with Gasteiger partial charge in [0.1, 0.15) is 0 Å². The minimum absolute atomic E-state index is 0.0595. The lowest BCUT2D eigenvalue weighted by atomic mass is 10.1. The summed E-state index contributed by atoms with van der Waals surface area (Å²) in [7, 11) is 0. The number of hydrogen-bond acceptors (Lipinski definition) is 4. The quantitative estimate of drug-likeness (QED) is 0.813. The van der Waals surface area contributed by atoms with Gasteiger partial charge < -0.3 is 5.11 Å². The molecule has 0 aromatic heterocycles. The molecular formula is C14H16N2O3. The highest BCUT2D eigenvalue weighted by Gasteiger charge is 2.37. The summed E-state index contributed by atoms with van der Waals surface area (Å²) < 4.78 is 0. The van der Waals surface area contributed by atoms with Crippen LogP contribution < -0.4 is 0 Å². The van der Waals surface area contributed by atoms with E-state index in [1.165, 1.54) is 4.90 Å². The summed E-state index contributed by atoms with van der Waals surface area (Å²) in [5, 5.41) is 9.29. The number of carbonyl (C=O) groups excluding carboxylic acids is 2. The summed E-state index contributed by atoms with van der Waals surface area (Å²) in [6.45, 7) is 1.17. The Balaban J connectivity index is 1.81. The van der Waals surface area contributed by atoms with Crippen LogP contribution in [-0.4, -0.2) is 52.6 Å². The molecule has 0 radical (unpaired) electrons. The number of rotatable bonds is 3. The number of aliphatic hydroxyl groups is 1. The van der Waals surface area contributed by atoms with E-state index in [1.54, 1.807) is 24.3 Å². The zero-order chi connectivity index (χ0) is 13.4. The molecule has 0 saturated carbocycles. The van der Waals surface area contributed by atoms with Crippen LogP contribution in [0.4, 0.5) is 0 Å². The molecule has 1 saturated heterocycles. The fourth-order valence-corrected chi connectivity index (χ4v) is 2.84. The minimum atomic E-state index is -0.232. The van der Waals surface area contributed by atoms with Crippen molar-refractivity contribution < 1.29 is 14.7 Å². The second-order valence-corrected chi connectivity index (χ2v) is 5.02. The highest BCUT2D eigenvalue weighted by Crippen LogP contribution is 2.25. The summed E-state index contributed by atoms with van der Waals surface area (Å²) in [5.74, 6) is -0.464. The zero-order valence-corrected chi connectivity index (χ0v) is 10.6. The topological polar surface area (TPSA) is 60.9 Å². The van der Waals surface area contributed by atoms with Crippen molar-refractivity contribution in [2.45, 2.75) is 18.9 Å². The molecule has 5 heteroatoms. The fraction of sp³-hybridized carbons (Fsp3) is 0.429. The molecule has 1 aromatic rings. The van der Waals surface area contributed by atoms with Gasteiger partial charge in [-0.25, -0.2) is 0 Å². The number of likely N-dealkylation sites (tertiary alicyclic amines) is 1. The first-order valence-electron chi connectivity index (χ1n) is 6.52. The van der Waals surface area contributed by atoms with Crippen LogP contribution in [0, 0.1) is 0 Å². The molecule has 5 nitrogen and oxygen atoms in total. The number of hydrogen-bond donors (Lipinski definition) is 1. The van der Waals surface area contributed by atoms with Crippen molar-refractivity contribution in [1.82, 2.24) is 9.80 Å². The van der Waals surface area contributed by atoms with Crippen molar-refractivity contribution in [2.75, 3.05) is 19.8 Å². The largest absolute Gasteiger partial charge is 0.395 e. The molecule has 0 bridgehead atoms. The smallest absolute Gasteiger partial charge is 0.262 e. The number of fused-ring (bicyclic) bond motifs is 1. The Hall–Kier alpha value is -1.72. The third-order valence-electron chi connectivity index (χ3n) is 3.91. The van der Waals surface area contributed by atoms with Crippen LogP contribution in [0.25, 0.3) is 0 Å². The number of aliphatic hydroxyl groups excluding tert-OH is 1. The normalized spacial score (nSPS) is 23.2. The van der Waals surface area contributed by atoms with E-state index in [2.05, 4.69) is 0 Å². The van der Waals surface area contributed by atoms with Gasteiger partial charge in [-0.05, 0) is 25.0 Å². The Kier molecular flexibility index (Phi) is 3.08. The van der Waals surface area contributed by atoms with Crippen molar-refractivity contribution in [3.05, 3.63) is 35.4 Å². The maximum atomic E-state index is 12.2. The van der Waals surface area contributed by atoms with E-state index in [-0.39, 0.29) is 31.1 Å². The predicted octanol–water partition coefficient (Wildman–Crippen LogP) is 0.697. The number of amides is 2. The molecule has 3 rings (SSSR count). The first kappa shape index (κ1) is 12.3. The molecule has 0 aliphatic carbocycles. The van der Waals surface area contributed by atoms with Gasteiger partial charge in [0.05, 0.1) is 24.4 Å². The van der Waals surface area contributed by atoms with E-state index in [1.807, 2.05) is 4.90 Å². The van der Waals surface area contributed by atoms with Crippen molar-refractivity contribution in [1.29, 1.82) is 0 Å². The van der Waals surface area contributed by atoms with Crippen LogP contribution >= 0.6 is 0 Å². The lowest BCUT2D eigenvalue weighted by Gasteiger charge is -2.26. The van der Waals surface area contributed by atoms with Crippen LogP contribution in [0.1, 0.15) is 33.6 Å². The van der Waals surface area contributed by atoms with Gasteiger partial charge in [0.25, 0.3) is 11.8 Å². The molecule has 1 fully saturated rings. The van der Waals surface area contributed by atoms with E-state index in [9.17, 15) is 14.7 Å². The molecule has 1 N–H and O–H groups in total. The van der Waals surface area contributed by atoms with Crippen LogP contribution in [0.15, 0.2) is 24.3 Å². The molecule has 1 aromatic carbocycles. The third kappa shape index (κ3) is 1.95. The molecule has 2 aliphatic rings. The van der Waals surface area contributed by atoms with Crippen LogP contribution in [0.3, 0.4) is 0 Å². The SMILES string of the molecule is O=C1c2ccccc2C(=O)N1CN1CCC[C@H]1CO. The van der Waals surface area contributed by atoms with Gasteiger partial charge in [0.2, 0.25) is 0 Å². The number of benzene rings is 1. The van der Waals surface area contributed by atoms with Gasteiger partial charge in [0.15, 0.2) is 0 Å². The average Bonchev–Trinajstić information content (AvgIpc) is 2.98. The second-order valence-electron chi connectivity index (χ2n) is 5.02. The fourth-order valence-electron chi connectivity index (χ4n) is 2.84. The van der Waals surface area contributed by atoms with Crippen molar-refractivity contribution >= 4 is 11.8 Å². The maximum absolute atomic E-state index is 12.2. The van der Waals surface area contributed by atoms with Crippen LogP contribution in [-0.2, 0) is 0 Å². The Morgan fingerprint density at radius 2 is 1.79 bits per heavy atom. The monoisotopic (exact) mass is 260 g/mol. The van der Waals surface area contributed by atoms with Gasteiger partial charge >= 0.3 is 0 Å². The van der Waals surface area contributed by atoms with Crippen molar-refractivity contribution in [3.63, 3.8) is 0 Å². The number of imide groups is 1. The molecule has 1 atom stereocenters. The Labute approximate surface area is 111 Å². The van der Waals surface area contributed by atoms with E-state index in [4.69, 9.17) is 0 Å². The number of carbonyl (C=O) groups is 2. The summed E-state index contributed by atoms with van der Waals surface area (Å²) in [5.41, 5.74) is 0.958. The lowest BCUT2D eigenvalue weighted by Crippen LogP contribution is -2.44. The summed E-state index contributed by atoms with van der Waals surface area (Å²) in [6, 6.07) is 6.95. The zero-order valence-electron chi connectivity index (χ0n) is 10.6. The van der Waals surface area contributed by atoms with Gasteiger partial charge in [-0.3, -0.25) is 19.4 Å². The summed E-state index contributed by atoms with van der Waals surface area (Å²) >= 11 is 0. The van der Waals surface area contributed by atoms with E-state index in [0.717, 1.165) is 19.4 Å². The molecule has 100 valence electrons. The van der Waals surface area contributed by atoms with E-state index < -0.39 is 0 Å². The maximum Gasteiger partial charge on any atom is 0.262 e. The standard InChI is InChI=1S/C14H16N2O3/c17-8-10-4-3-7-15(10)9-16-13(18)11-5-1-2-6-12(11)14(16)19/h1-2,5-6,10,17H,3-4,7-9H2/t10-/m0/s1. The Morgan fingerprint density at radius 3 is 2.37 bits per heavy atom. The predicted molar refractivity (Wildman–Crippen MR) is 68.6 cm³/mol. The van der Waals surface area contributed by atoms with Gasteiger partial charge in [-0.2, -0.15) is 0 Å². The molecule has 2 heterocycles. The van der Waals surface area contributed by atoms with E-state index >= 15 is 0 Å². The van der Waals surface area contributed by atoms with E-state index in [0.29, 0.717) is 11.1 Å². The van der Waals surface area contributed by atoms with Crippen LogP contribution in [0.2, 0.25) is 0 Å². The highest BCUT2D eigenvalue weighted by molar-refractivity contribution is 6.21. The van der Waals surface area contributed by atoms with Crippen molar-refractivity contribution in [3.8, 4) is 0 Å². The highest BCUT2D eigenvalue weighted by atomic mass is 16.3. The van der Waals surface area contributed by atoms with Gasteiger partial charge in [0, 0.05) is 12.6 Å². The minimum Gasteiger partial charge on any atom is -0.395 e. The lowest BCUT2D eigenvalue weighted by molar-refractivity contribution is 0.0486. The molecule has 0 spiro atoms. The van der Waals surface area contributed by atoms with Crippen molar-refractivity contribution in [2.24, 2.45) is 0 Å². The Bertz CT molecular complexity index is 494. The number of nitrogens with zero attached hydrogens (tertiary/aromatic N) is 2. The molecular weight excluding hydrogens is 244 g/mol. The first-order valence-corrected chi connectivity index (χ1v) is 6.52. The molecule has 19 heavy (non-hydrogen) atoms. The Morgan fingerprint density at radius 1 is 1.16 bits per heavy atom. The summed E-state index contributed by atoms with van der Waals surface area (Å²) in [6.07, 6.45) is 1.91. The first-order chi connectivity index (χ1) is 9.22.